The van der Waals surface area contributed by atoms with Gasteiger partial charge in [0.1, 0.15) is 11.3 Å². The first-order valence-corrected chi connectivity index (χ1v) is 6.89. The summed E-state index contributed by atoms with van der Waals surface area (Å²) in [4.78, 5) is 23.6. The molecule has 0 bridgehead atoms. The maximum absolute atomic E-state index is 11.9. The van der Waals surface area contributed by atoms with Crippen LogP contribution in [0, 0.1) is 0 Å². The van der Waals surface area contributed by atoms with Crippen LogP contribution < -0.4 is 10.4 Å². The van der Waals surface area contributed by atoms with Crippen molar-refractivity contribution in [3.8, 4) is 5.75 Å². The Morgan fingerprint density at radius 2 is 2.05 bits per heavy atom. The van der Waals surface area contributed by atoms with Gasteiger partial charge in [-0.2, -0.15) is 0 Å². The SMILES string of the molecule is CCOc1ccc2c([C@@H](CC)C(=O)OC)cc(=O)oc2c1. The molecule has 112 valence electrons. The molecule has 0 saturated carbocycles. The maximum Gasteiger partial charge on any atom is 0.336 e. The van der Waals surface area contributed by atoms with Crippen molar-refractivity contribution in [2.45, 2.75) is 26.2 Å². The predicted octanol–water partition coefficient (Wildman–Crippen LogP) is 2.86. The topological polar surface area (TPSA) is 65.7 Å². The van der Waals surface area contributed by atoms with Crippen LogP contribution in [-0.2, 0) is 9.53 Å². The van der Waals surface area contributed by atoms with Crippen LogP contribution in [0.5, 0.6) is 5.75 Å². The summed E-state index contributed by atoms with van der Waals surface area (Å²) < 4.78 is 15.4. The smallest absolute Gasteiger partial charge is 0.336 e. The predicted molar refractivity (Wildman–Crippen MR) is 78.7 cm³/mol. The second kappa shape index (κ2) is 6.43. The summed E-state index contributed by atoms with van der Waals surface area (Å²) in [6, 6.07) is 6.60. The molecule has 5 nitrogen and oxygen atoms in total. The Hall–Kier alpha value is -2.30. The average molecular weight is 290 g/mol. The van der Waals surface area contributed by atoms with Crippen LogP contribution in [0.1, 0.15) is 31.7 Å². The molecule has 0 aliphatic rings. The van der Waals surface area contributed by atoms with Crippen LogP contribution >= 0.6 is 0 Å². The zero-order valence-electron chi connectivity index (χ0n) is 12.3. The number of hydrogen-bond donors (Lipinski definition) is 0. The maximum atomic E-state index is 11.9. The van der Waals surface area contributed by atoms with E-state index in [0.29, 0.717) is 29.9 Å². The normalized spacial score (nSPS) is 12.1. The largest absolute Gasteiger partial charge is 0.494 e. The average Bonchev–Trinajstić information content (AvgIpc) is 2.47. The Bertz CT molecular complexity index is 701. The third-order valence-electron chi connectivity index (χ3n) is 3.33. The van der Waals surface area contributed by atoms with E-state index >= 15 is 0 Å². The molecule has 5 heteroatoms. The lowest BCUT2D eigenvalue weighted by Crippen LogP contribution is -2.16. The van der Waals surface area contributed by atoms with Gasteiger partial charge in [0.2, 0.25) is 0 Å². The molecule has 1 heterocycles. The third kappa shape index (κ3) is 3.07. The molecule has 0 fully saturated rings. The van der Waals surface area contributed by atoms with Gasteiger partial charge < -0.3 is 13.9 Å². The Labute approximate surface area is 122 Å². The van der Waals surface area contributed by atoms with E-state index in [-0.39, 0.29) is 5.97 Å². The molecule has 0 amide bonds. The third-order valence-corrected chi connectivity index (χ3v) is 3.33. The molecule has 0 radical (unpaired) electrons. The van der Waals surface area contributed by atoms with E-state index in [0.717, 1.165) is 5.39 Å². The van der Waals surface area contributed by atoms with E-state index in [2.05, 4.69) is 0 Å². The lowest BCUT2D eigenvalue weighted by atomic mass is 9.94. The Kier molecular flexibility index (Phi) is 4.62. The first-order valence-electron chi connectivity index (χ1n) is 6.89. The van der Waals surface area contributed by atoms with Crippen molar-refractivity contribution >= 4 is 16.9 Å². The van der Waals surface area contributed by atoms with Crippen LogP contribution in [0.2, 0.25) is 0 Å². The fourth-order valence-electron chi connectivity index (χ4n) is 2.37. The zero-order chi connectivity index (χ0) is 15.4. The number of hydrogen-bond acceptors (Lipinski definition) is 5. The lowest BCUT2D eigenvalue weighted by Gasteiger charge is -2.14. The van der Waals surface area contributed by atoms with Gasteiger partial charge in [-0.1, -0.05) is 6.92 Å². The minimum absolute atomic E-state index is 0.363. The van der Waals surface area contributed by atoms with Crippen molar-refractivity contribution < 1.29 is 18.7 Å². The quantitative estimate of drug-likeness (QED) is 0.625. The van der Waals surface area contributed by atoms with Gasteiger partial charge in [0.05, 0.1) is 19.6 Å². The van der Waals surface area contributed by atoms with Crippen molar-refractivity contribution in [1.82, 2.24) is 0 Å². The molecule has 0 saturated heterocycles. The highest BCUT2D eigenvalue weighted by molar-refractivity contribution is 5.88. The number of rotatable bonds is 5. The highest BCUT2D eigenvalue weighted by Gasteiger charge is 2.23. The van der Waals surface area contributed by atoms with Crippen LogP contribution in [0.3, 0.4) is 0 Å². The molecule has 0 aliphatic carbocycles. The molecule has 0 unspecified atom stereocenters. The Morgan fingerprint density at radius 1 is 1.29 bits per heavy atom. The zero-order valence-corrected chi connectivity index (χ0v) is 12.3. The van der Waals surface area contributed by atoms with Gasteiger partial charge in [0, 0.05) is 17.5 Å². The molecule has 1 aromatic carbocycles. The number of methoxy groups -OCH3 is 1. The molecule has 2 aromatic rings. The van der Waals surface area contributed by atoms with Crippen molar-refractivity contribution in [3.05, 3.63) is 40.2 Å². The van der Waals surface area contributed by atoms with E-state index < -0.39 is 11.5 Å². The van der Waals surface area contributed by atoms with Crippen LogP contribution in [0.15, 0.2) is 33.5 Å². The highest BCUT2D eigenvalue weighted by atomic mass is 16.5. The molecule has 0 aliphatic heterocycles. The molecule has 21 heavy (non-hydrogen) atoms. The monoisotopic (exact) mass is 290 g/mol. The molecule has 1 atom stereocenters. The molecule has 1 aromatic heterocycles. The Morgan fingerprint density at radius 3 is 2.67 bits per heavy atom. The first-order chi connectivity index (χ1) is 10.1. The van der Waals surface area contributed by atoms with Gasteiger partial charge in [-0.3, -0.25) is 4.79 Å². The summed E-state index contributed by atoms with van der Waals surface area (Å²) in [5.41, 5.74) is 0.540. The number of ether oxygens (including phenoxy) is 2. The number of fused-ring (bicyclic) bond motifs is 1. The van der Waals surface area contributed by atoms with E-state index in [4.69, 9.17) is 13.9 Å². The summed E-state index contributed by atoms with van der Waals surface area (Å²) in [7, 11) is 1.34. The fourth-order valence-corrected chi connectivity index (χ4v) is 2.37. The summed E-state index contributed by atoms with van der Waals surface area (Å²) in [6.45, 7) is 4.27. The van der Waals surface area contributed by atoms with Gasteiger partial charge in [0.15, 0.2) is 0 Å². The molecule has 0 N–H and O–H groups in total. The number of esters is 1. The van der Waals surface area contributed by atoms with Gasteiger partial charge in [-0.05, 0) is 31.0 Å². The van der Waals surface area contributed by atoms with Crippen LogP contribution in [-0.4, -0.2) is 19.7 Å². The Balaban J connectivity index is 2.63. The van der Waals surface area contributed by atoms with Crippen molar-refractivity contribution in [3.63, 3.8) is 0 Å². The standard InChI is InChI=1S/C16H18O5/c1-4-11(16(18)19-3)13-9-15(17)21-14-8-10(20-5-2)6-7-12(13)14/h6-9,11H,4-5H2,1-3H3/t11-/m1/s1. The summed E-state index contributed by atoms with van der Waals surface area (Å²) >= 11 is 0. The van der Waals surface area contributed by atoms with Crippen molar-refractivity contribution in [1.29, 1.82) is 0 Å². The number of benzene rings is 1. The van der Waals surface area contributed by atoms with E-state index in [1.54, 1.807) is 18.2 Å². The second-order valence-corrected chi connectivity index (χ2v) is 4.60. The van der Waals surface area contributed by atoms with Gasteiger partial charge >= 0.3 is 11.6 Å². The second-order valence-electron chi connectivity index (χ2n) is 4.60. The summed E-state index contributed by atoms with van der Waals surface area (Å²) in [5, 5.41) is 0.718. The van der Waals surface area contributed by atoms with Crippen LogP contribution in [0.4, 0.5) is 0 Å². The van der Waals surface area contributed by atoms with Gasteiger partial charge in [-0.25, -0.2) is 4.79 Å². The van der Waals surface area contributed by atoms with E-state index in [9.17, 15) is 9.59 Å². The van der Waals surface area contributed by atoms with Crippen molar-refractivity contribution in [2.24, 2.45) is 0 Å². The first kappa shape index (κ1) is 15.1. The van der Waals surface area contributed by atoms with Gasteiger partial charge in [-0.15, -0.1) is 0 Å². The minimum Gasteiger partial charge on any atom is -0.494 e. The van der Waals surface area contributed by atoms with Gasteiger partial charge in [0.25, 0.3) is 0 Å². The lowest BCUT2D eigenvalue weighted by molar-refractivity contribution is -0.142. The number of carbonyl (C=O) groups excluding carboxylic acids is 1. The fraction of sp³-hybridized carbons (Fsp3) is 0.375. The van der Waals surface area contributed by atoms with Crippen molar-refractivity contribution in [2.75, 3.05) is 13.7 Å². The summed E-state index contributed by atoms with van der Waals surface area (Å²) in [5.74, 6) is -0.228. The summed E-state index contributed by atoms with van der Waals surface area (Å²) in [6.07, 6.45) is 0.540. The highest BCUT2D eigenvalue weighted by Crippen LogP contribution is 2.29. The molecular formula is C16H18O5. The minimum atomic E-state index is -0.492. The molecule has 2 rings (SSSR count). The van der Waals surface area contributed by atoms with E-state index in [1.165, 1.54) is 13.2 Å². The number of carbonyl (C=O) groups is 1. The van der Waals surface area contributed by atoms with E-state index in [1.807, 2.05) is 13.8 Å². The van der Waals surface area contributed by atoms with Crippen LogP contribution in [0.25, 0.3) is 11.0 Å². The molecule has 0 spiro atoms. The molecular weight excluding hydrogens is 272 g/mol.